The van der Waals surface area contributed by atoms with Gasteiger partial charge in [0.2, 0.25) is 0 Å². The van der Waals surface area contributed by atoms with Crippen LogP contribution in [-0.4, -0.2) is 37.2 Å². The third kappa shape index (κ3) is 3.03. The number of alkyl halides is 2. The Morgan fingerprint density at radius 2 is 2.00 bits per heavy atom. The highest BCUT2D eigenvalue weighted by atomic mass is 19.3. The van der Waals surface area contributed by atoms with E-state index in [1.165, 1.54) is 17.3 Å². The number of rotatable bonds is 5. The number of benzene rings is 1. The molecular formula is C16H15F2N5O. The van der Waals surface area contributed by atoms with Gasteiger partial charge in [0.25, 0.3) is 5.91 Å². The molecule has 0 aliphatic carbocycles. The van der Waals surface area contributed by atoms with Crippen molar-refractivity contribution in [2.45, 2.75) is 13.1 Å². The Kier molecular flexibility index (Phi) is 4.37. The number of carbonyl (C=O) groups excluding carboxylic acids is 1. The highest BCUT2D eigenvalue weighted by Crippen LogP contribution is 2.18. The van der Waals surface area contributed by atoms with Crippen LogP contribution in [-0.2, 0) is 6.54 Å². The molecule has 0 aliphatic heterocycles. The van der Waals surface area contributed by atoms with E-state index in [4.69, 9.17) is 0 Å². The van der Waals surface area contributed by atoms with E-state index in [1.807, 2.05) is 0 Å². The number of aromatic nitrogens is 4. The van der Waals surface area contributed by atoms with Gasteiger partial charge in [0.15, 0.2) is 0 Å². The molecule has 0 spiro atoms. The molecule has 0 saturated heterocycles. The van der Waals surface area contributed by atoms with Crippen LogP contribution < -0.4 is 0 Å². The van der Waals surface area contributed by atoms with Crippen LogP contribution in [0.25, 0.3) is 5.69 Å². The number of hydrogen-bond acceptors (Lipinski definition) is 3. The van der Waals surface area contributed by atoms with Gasteiger partial charge in [-0.1, -0.05) is 12.1 Å². The number of nitrogens with zero attached hydrogens (tertiary/aromatic N) is 5. The second kappa shape index (κ2) is 6.61. The molecule has 3 rings (SSSR count). The van der Waals surface area contributed by atoms with Crippen LogP contribution in [0.2, 0.25) is 0 Å². The molecule has 0 aliphatic rings. The van der Waals surface area contributed by atoms with Gasteiger partial charge < -0.3 is 4.90 Å². The summed E-state index contributed by atoms with van der Waals surface area (Å²) in [7, 11) is 1.55. The minimum absolute atomic E-state index is 0.0242. The van der Waals surface area contributed by atoms with Crippen molar-refractivity contribution >= 4 is 5.91 Å². The van der Waals surface area contributed by atoms with E-state index < -0.39 is 6.55 Å². The Morgan fingerprint density at radius 1 is 1.21 bits per heavy atom. The summed E-state index contributed by atoms with van der Waals surface area (Å²) in [6.07, 6.45) is 5.83. The van der Waals surface area contributed by atoms with Gasteiger partial charge >= 0.3 is 6.55 Å². The smallest absolute Gasteiger partial charge is 0.319 e. The first-order valence-corrected chi connectivity index (χ1v) is 7.22. The maximum absolute atomic E-state index is 12.9. The lowest BCUT2D eigenvalue weighted by Gasteiger charge is -2.19. The first-order valence-electron chi connectivity index (χ1n) is 7.22. The number of hydrogen-bond donors (Lipinski definition) is 0. The van der Waals surface area contributed by atoms with E-state index in [0.29, 0.717) is 11.3 Å². The summed E-state index contributed by atoms with van der Waals surface area (Å²) in [6.45, 7) is -2.72. The minimum atomic E-state index is -2.69. The van der Waals surface area contributed by atoms with Crippen LogP contribution in [0.5, 0.6) is 0 Å². The van der Waals surface area contributed by atoms with Gasteiger partial charge in [-0.3, -0.25) is 9.36 Å². The van der Waals surface area contributed by atoms with E-state index in [-0.39, 0.29) is 18.3 Å². The zero-order valence-electron chi connectivity index (χ0n) is 12.9. The van der Waals surface area contributed by atoms with Gasteiger partial charge in [-0.25, -0.2) is 9.67 Å². The quantitative estimate of drug-likeness (QED) is 0.722. The van der Waals surface area contributed by atoms with Crippen molar-refractivity contribution in [3.05, 3.63) is 66.5 Å². The Bertz CT molecular complexity index is 829. The lowest BCUT2D eigenvalue weighted by Crippen LogP contribution is -2.28. The topological polar surface area (TPSA) is 56.0 Å². The molecule has 0 saturated carbocycles. The van der Waals surface area contributed by atoms with Crippen LogP contribution in [0.1, 0.15) is 22.7 Å². The van der Waals surface area contributed by atoms with E-state index in [9.17, 15) is 13.6 Å². The summed E-state index contributed by atoms with van der Waals surface area (Å²) >= 11 is 0. The van der Waals surface area contributed by atoms with Crippen molar-refractivity contribution in [2.24, 2.45) is 0 Å². The molecule has 2 aromatic heterocycles. The zero-order valence-corrected chi connectivity index (χ0v) is 12.9. The number of para-hydroxylation sites is 1. The molecule has 0 bridgehead atoms. The third-order valence-corrected chi connectivity index (χ3v) is 3.57. The van der Waals surface area contributed by atoms with Crippen molar-refractivity contribution in [3.8, 4) is 5.69 Å². The van der Waals surface area contributed by atoms with Gasteiger partial charge in [-0.2, -0.15) is 13.9 Å². The van der Waals surface area contributed by atoms with Crippen LogP contribution in [0, 0.1) is 0 Å². The molecule has 0 unspecified atom stereocenters. The Balaban J connectivity index is 1.86. The van der Waals surface area contributed by atoms with E-state index >= 15 is 0 Å². The Labute approximate surface area is 137 Å². The van der Waals surface area contributed by atoms with Gasteiger partial charge in [0.05, 0.1) is 17.8 Å². The molecule has 0 N–H and O–H groups in total. The fraction of sp³-hybridized carbons (Fsp3) is 0.188. The third-order valence-electron chi connectivity index (χ3n) is 3.57. The minimum Gasteiger partial charge on any atom is -0.334 e. The molecule has 6 nitrogen and oxygen atoms in total. The average Bonchev–Trinajstić information content (AvgIpc) is 3.25. The maximum Gasteiger partial charge on any atom is 0.319 e. The number of halogens is 2. The summed E-state index contributed by atoms with van der Waals surface area (Å²) in [5, 5.41) is 4.13. The SMILES string of the molecule is CN(Cc1nccn1C(F)F)C(=O)c1ccccc1-n1cccn1. The maximum atomic E-state index is 12.9. The normalized spacial score (nSPS) is 11.0. The van der Waals surface area contributed by atoms with E-state index in [2.05, 4.69) is 10.1 Å². The predicted octanol–water partition coefficient (Wildman–Crippen LogP) is 2.74. The lowest BCUT2D eigenvalue weighted by molar-refractivity contribution is 0.0612. The van der Waals surface area contributed by atoms with Crippen LogP contribution in [0.4, 0.5) is 8.78 Å². The Morgan fingerprint density at radius 3 is 2.71 bits per heavy atom. The molecule has 0 fully saturated rings. The van der Waals surface area contributed by atoms with Gasteiger partial charge in [-0.15, -0.1) is 0 Å². The van der Waals surface area contributed by atoms with Gasteiger partial charge in [-0.05, 0) is 18.2 Å². The van der Waals surface area contributed by atoms with E-state index in [0.717, 1.165) is 4.57 Å². The van der Waals surface area contributed by atoms with Crippen LogP contribution in [0.3, 0.4) is 0 Å². The molecule has 124 valence electrons. The summed E-state index contributed by atoms with van der Waals surface area (Å²) in [5.41, 5.74) is 1.05. The van der Waals surface area contributed by atoms with Crippen molar-refractivity contribution in [3.63, 3.8) is 0 Å². The highest BCUT2D eigenvalue weighted by Gasteiger charge is 2.20. The zero-order chi connectivity index (χ0) is 17.1. The molecule has 0 atom stereocenters. The van der Waals surface area contributed by atoms with Crippen molar-refractivity contribution in [2.75, 3.05) is 7.05 Å². The largest absolute Gasteiger partial charge is 0.334 e. The number of carbonyl (C=O) groups is 1. The first kappa shape index (κ1) is 15.9. The van der Waals surface area contributed by atoms with Crippen molar-refractivity contribution < 1.29 is 13.6 Å². The molecule has 1 aromatic carbocycles. The lowest BCUT2D eigenvalue weighted by atomic mass is 10.1. The van der Waals surface area contributed by atoms with Crippen LogP contribution >= 0.6 is 0 Å². The summed E-state index contributed by atoms with van der Waals surface area (Å²) in [6, 6.07) is 8.75. The molecule has 1 amide bonds. The molecule has 8 heteroatoms. The fourth-order valence-electron chi connectivity index (χ4n) is 2.40. The molecular weight excluding hydrogens is 316 g/mol. The van der Waals surface area contributed by atoms with Gasteiger partial charge in [0, 0.05) is 31.8 Å². The standard InChI is InChI=1S/C16H15F2N5O/c1-21(11-14-19-8-10-22(14)16(17)18)15(24)12-5-2-3-6-13(12)23-9-4-7-20-23/h2-10,16H,11H2,1H3. The number of imidazole rings is 1. The summed E-state index contributed by atoms with van der Waals surface area (Å²) in [4.78, 5) is 18.0. The summed E-state index contributed by atoms with van der Waals surface area (Å²) < 4.78 is 28.1. The molecule has 3 aromatic rings. The van der Waals surface area contributed by atoms with Crippen molar-refractivity contribution in [1.29, 1.82) is 0 Å². The average molecular weight is 331 g/mol. The van der Waals surface area contributed by atoms with Crippen molar-refractivity contribution in [1.82, 2.24) is 24.2 Å². The van der Waals surface area contributed by atoms with Gasteiger partial charge in [0.1, 0.15) is 5.82 Å². The second-order valence-electron chi connectivity index (χ2n) is 5.16. The molecule has 24 heavy (non-hydrogen) atoms. The first-order chi connectivity index (χ1) is 11.6. The van der Waals surface area contributed by atoms with E-state index in [1.54, 1.807) is 54.5 Å². The summed E-state index contributed by atoms with van der Waals surface area (Å²) in [5.74, 6) is -0.178. The fourth-order valence-corrected chi connectivity index (χ4v) is 2.40. The molecule has 0 radical (unpaired) electrons. The highest BCUT2D eigenvalue weighted by molar-refractivity contribution is 5.97. The Hall–Kier alpha value is -3.03. The second-order valence-corrected chi connectivity index (χ2v) is 5.16. The predicted molar refractivity (Wildman–Crippen MR) is 82.8 cm³/mol. The molecule has 2 heterocycles. The number of amides is 1. The van der Waals surface area contributed by atoms with Crippen LogP contribution in [0.15, 0.2) is 55.1 Å². The monoisotopic (exact) mass is 331 g/mol.